The van der Waals surface area contributed by atoms with E-state index >= 15 is 0 Å². The van der Waals surface area contributed by atoms with Gasteiger partial charge in [0.05, 0.1) is 31.9 Å². The zero-order chi connectivity index (χ0) is 10.3. The number of halogens is 2. The number of amidine groups is 1. The van der Waals surface area contributed by atoms with Crippen LogP contribution in [0, 0.1) is 0 Å². The number of nitrogens with zero attached hydrogens (tertiary/aromatic N) is 1. The predicted octanol–water partition coefficient (Wildman–Crippen LogP) is -6.32. The third kappa shape index (κ3) is 8.54. The molecular formula is C9H23Br2N3S. The van der Waals surface area contributed by atoms with Crippen molar-refractivity contribution in [3.05, 3.63) is 0 Å². The third-order valence-corrected chi connectivity index (χ3v) is 3.57. The smallest absolute Gasteiger partial charge is 0.299 e. The summed E-state index contributed by atoms with van der Waals surface area (Å²) in [5.74, 6) is 1.03. The van der Waals surface area contributed by atoms with Gasteiger partial charge in [-0.3, -0.25) is 11.1 Å². The lowest BCUT2D eigenvalue weighted by Crippen LogP contribution is -3.00. The Kier molecular flexibility index (Phi) is 15.8. The molecule has 0 aliphatic rings. The molecule has 0 rings (SSSR count). The molecule has 0 aromatic heterocycles. The topological polar surface area (TPSA) is 51.6 Å². The summed E-state index contributed by atoms with van der Waals surface area (Å²) in [7, 11) is 0. The van der Waals surface area contributed by atoms with Crippen LogP contribution in [0.2, 0.25) is 0 Å². The van der Waals surface area contributed by atoms with Gasteiger partial charge in [-0.2, -0.15) is 0 Å². The predicted molar refractivity (Wildman–Crippen MR) is 60.3 cm³/mol. The fourth-order valence-corrected chi connectivity index (χ4v) is 2.22. The third-order valence-electron chi connectivity index (χ3n) is 2.85. The van der Waals surface area contributed by atoms with E-state index in [1.807, 2.05) is 0 Å². The molecule has 6 heteroatoms. The zero-order valence-corrected chi connectivity index (χ0v) is 13.8. The van der Waals surface area contributed by atoms with Crippen LogP contribution in [-0.4, -0.2) is 41.6 Å². The van der Waals surface area contributed by atoms with Crippen LogP contribution >= 0.6 is 11.8 Å². The monoisotopic (exact) mass is 363 g/mol. The van der Waals surface area contributed by atoms with Crippen molar-refractivity contribution < 1.29 is 43.9 Å². The fourth-order valence-electron chi connectivity index (χ4n) is 1.50. The lowest BCUT2D eigenvalue weighted by atomic mass is 10.3. The quantitative estimate of drug-likeness (QED) is 0.280. The first-order chi connectivity index (χ1) is 6.10. The van der Waals surface area contributed by atoms with Gasteiger partial charge in [0, 0.05) is 0 Å². The molecule has 3 nitrogen and oxygen atoms in total. The molecule has 0 aliphatic carbocycles. The molecule has 0 unspecified atom stereocenters. The Balaban J connectivity index is -0.000000720. The maximum Gasteiger partial charge on any atom is 0.299 e. The Morgan fingerprint density at radius 2 is 1.53 bits per heavy atom. The van der Waals surface area contributed by atoms with Crippen molar-refractivity contribution in [2.45, 2.75) is 20.8 Å². The average Bonchev–Trinajstić information content (AvgIpc) is 2.13. The van der Waals surface area contributed by atoms with E-state index in [4.69, 9.17) is 11.1 Å². The normalized spacial score (nSPS) is 10.1. The van der Waals surface area contributed by atoms with E-state index in [-0.39, 0.29) is 34.0 Å². The Bertz CT molecular complexity index is 155. The molecule has 0 radical (unpaired) electrons. The minimum Gasteiger partial charge on any atom is -1.00 e. The molecule has 4 N–H and O–H groups in total. The molecule has 15 heavy (non-hydrogen) atoms. The summed E-state index contributed by atoms with van der Waals surface area (Å²) in [5.41, 5.74) is 5.40. The second kappa shape index (κ2) is 11.2. The summed E-state index contributed by atoms with van der Waals surface area (Å²) in [5, 5.41) is 5.88. The van der Waals surface area contributed by atoms with Crippen molar-refractivity contribution in [2.75, 3.05) is 31.9 Å². The Morgan fingerprint density at radius 1 is 1.13 bits per heavy atom. The van der Waals surface area contributed by atoms with Gasteiger partial charge in [-0.05, 0) is 32.5 Å². The van der Waals surface area contributed by atoms with E-state index in [9.17, 15) is 0 Å². The van der Waals surface area contributed by atoms with Crippen molar-refractivity contribution in [3.63, 3.8) is 0 Å². The molecular weight excluding hydrogens is 342 g/mol. The first kappa shape index (κ1) is 21.1. The number of hydrogen-bond donors (Lipinski definition) is 2. The van der Waals surface area contributed by atoms with Gasteiger partial charge in [0.2, 0.25) is 0 Å². The number of nitrogens with two attached hydrogens (primary N) is 2. The number of hydrogen-bond acceptors (Lipinski definition) is 1. The van der Waals surface area contributed by atoms with Gasteiger partial charge in [0.1, 0.15) is 0 Å². The van der Waals surface area contributed by atoms with Gasteiger partial charge < -0.3 is 38.4 Å². The molecule has 0 atom stereocenters. The highest BCUT2D eigenvalue weighted by molar-refractivity contribution is 8.13. The highest BCUT2D eigenvalue weighted by Gasteiger charge is 2.20. The van der Waals surface area contributed by atoms with Gasteiger partial charge in [-0.25, -0.2) is 0 Å². The molecule has 0 amide bonds. The molecule has 94 valence electrons. The molecule has 0 saturated heterocycles. The van der Waals surface area contributed by atoms with Crippen LogP contribution in [0.5, 0.6) is 0 Å². The van der Waals surface area contributed by atoms with Crippen molar-refractivity contribution in [1.82, 2.24) is 0 Å². The molecule has 0 aliphatic heterocycles. The van der Waals surface area contributed by atoms with Crippen LogP contribution in [0.4, 0.5) is 0 Å². The average molecular weight is 365 g/mol. The van der Waals surface area contributed by atoms with E-state index < -0.39 is 0 Å². The summed E-state index contributed by atoms with van der Waals surface area (Å²) in [6.45, 7) is 11.5. The molecule has 0 saturated carbocycles. The fraction of sp³-hybridized carbons (Fsp3) is 0.889. The van der Waals surface area contributed by atoms with Crippen LogP contribution in [0.3, 0.4) is 0 Å². The number of rotatable bonds is 6. The molecule has 0 heterocycles. The standard InChI is InChI=1S/C9H22N3S.2BrH/c1-4-12(5-2,6-3)7-8-13-9(10)11;;/h4-8H2,1-3H3,(H3,10,11);2*1H/q+1;;/p-1. The molecule has 0 aromatic rings. The highest BCUT2D eigenvalue weighted by Crippen LogP contribution is 2.08. The second-order valence-electron chi connectivity index (χ2n) is 3.26. The van der Waals surface area contributed by atoms with Crippen LogP contribution < -0.4 is 45.1 Å². The molecule has 0 spiro atoms. The first-order valence-corrected chi connectivity index (χ1v) is 5.94. The SMILES string of the molecule is CC[N+](CC)(CC)CCSC(N)=[NH2+].[Br-].[Br-]. The van der Waals surface area contributed by atoms with Crippen LogP contribution in [0.25, 0.3) is 0 Å². The van der Waals surface area contributed by atoms with Crippen LogP contribution in [-0.2, 0) is 0 Å². The Labute approximate surface area is 119 Å². The van der Waals surface area contributed by atoms with Gasteiger partial charge >= 0.3 is 0 Å². The molecule has 0 aromatic carbocycles. The van der Waals surface area contributed by atoms with Gasteiger partial charge in [0.25, 0.3) is 5.17 Å². The zero-order valence-electron chi connectivity index (χ0n) is 9.80. The number of quaternary nitrogens is 1. The maximum absolute atomic E-state index is 5.40. The van der Waals surface area contributed by atoms with Crippen molar-refractivity contribution in [2.24, 2.45) is 5.73 Å². The lowest BCUT2D eigenvalue weighted by molar-refractivity contribution is -0.920. The van der Waals surface area contributed by atoms with Gasteiger partial charge in [-0.15, -0.1) is 0 Å². The Morgan fingerprint density at radius 3 is 1.80 bits per heavy atom. The van der Waals surface area contributed by atoms with Crippen molar-refractivity contribution in [1.29, 1.82) is 0 Å². The van der Waals surface area contributed by atoms with Gasteiger partial charge in [0.15, 0.2) is 0 Å². The lowest BCUT2D eigenvalue weighted by Gasteiger charge is -2.35. The minimum absolute atomic E-state index is 0. The minimum atomic E-state index is 0. The number of thioether (sulfide) groups is 1. The van der Waals surface area contributed by atoms with Crippen molar-refractivity contribution >= 4 is 16.9 Å². The highest BCUT2D eigenvalue weighted by atomic mass is 79.9. The Hall–Kier alpha value is 0.740. The van der Waals surface area contributed by atoms with E-state index in [2.05, 4.69) is 20.8 Å². The first-order valence-electron chi connectivity index (χ1n) is 4.96. The summed E-state index contributed by atoms with van der Waals surface area (Å²) in [6, 6.07) is 0. The largest absolute Gasteiger partial charge is 1.00 e. The summed E-state index contributed by atoms with van der Waals surface area (Å²) in [6.07, 6.45) is 0. The van der Waals surface area contributed by atoms with E-state index in [1.165, 1.54) is 24.1 Å². The molecule has 0 bridgehead atoms. The van der Waals surface area contributed by atoms with E-state index in [0.29, 0.717) is 5.17 Å². The van der Waals surface area contributed by atoms with Crippen LogP contribution in [0.1, 0.15) is 20.8 Å². The van der Waals surface area contributed by atoms with E-state index in [0.717, 1.165) is 12.3 Å². The van der Waals surface area contributed by atoms with Crippen LogP contribution in [0.15, 0.2) is 0 Å². The summed E-state index contributed by atoms with van der Waals surface area (Å²) >= 11 is 1.56. The summed E-state index contributed by atoms with van der Waals surface area (Å²) < 4.78 is 1.17. The van der Waals surface area contributed by atoms with Crippen molar-refractivity contribution in [3.8, 4) is 0 Å². The second-order valence-corrected chi connectivity index (χ2v) is 4.43. The van der Waals surface area contributed by atoms with Gasteiger partial charge in [-0.1, -0.05) is 0 Å². The van der Waals surface area contributed by atoms with E-state index in [1.54, 1.807) is 11.8 Å². The summed E-state index contributed by atoms with van der Waals surface area (Å²) in [4.78, 5) is 0. The molecule has 0 fully saturated rings. The maximum atomic E-state index is 5.40.